The van der Waals surface area contributed by atoms with E-state index in [-0.39, 0.29) is 12.4 Å². The van der Waals surface area contributed by atoms with Crippen molar-refractivity contribution in [1.82, 2.24) is 0 Å². The van der Waals surface area contributed by atoms with Crippen molar-refractivity contribution in [2.24, 2.45) is 5.41 Å². The molecule has 1 rings (SSSR count). The Morgan fingerprint density at radius 2 is 2.22 bits per heavy atom. The lowest BCUT2D eigenvalue weighted by Crippen LogP contribution is -2.35. The molecule has 1 unspecified atom stereocenters. The van der Waals surface area contributed by atoms with Gasteiger partial charge in [-0.3, -0.25) is 4.79 Å². The van der Waals surface area contributed by atoms with E-state index in [4.69, 9.17) is 5.73 Å². The third-order valence-corrected chi connectivity index (χ3v) is 4.70. The molecule has 1 atom stereocenters. The number of anilines is 1. The van der Waals surface area contributed by atoms with Gasteiger partial charge in [-0.1, -0.05) is 18.6 Å². The van der Waals surface area contributed by atoms with Gasteiger partial charge in [0.2, 0.25) is 0 Å². The number of nitrogens with two attached hydrogens (primary N) is 1. The molecule has 0 saturated carbocycles. The van der Waals surface area contributed by atoms with E-state index in [9.17, 15) is 9.90 Å². The van der Waals surface area contributed by atoms with Crippen molar-refractivity contribution < 1.29 is 9.90 Å². The van der Waals surface area contributed by atoms with Crippen molar-refractivity contribution in [3.05, 3.63) is 28.2 Å². The summed E-state index contributed by atoms with van der Waals surface area (Å²) in [5.74, 6) is -0.0256. The first-order valence-electron chi connectivity index (χ1n) is 6.07. The highest BCUT2D eigenvalue weighted by Crippen LogP contribution is 2.38. The predicted octanol–water partition coefficient (Wildman–Crippen LogP) is 3.18. The van der Waals surface area contributed by atoms with E-state index in [2.05, 4.69) is 0 Å². The van der Waals surface area contributed by atoms with E-state index >= 15 is 0 Å². The number of thiophene rings is 1. The van der Waals surface area contributed by atoms with Crippen molar-refractivity contribution >= 4 is 22.1 Å². The van der Waals surface area contributed by atoms with E-state index in [0.717, 1.165) is 11.1 Å². The molecule has 0 bridgehead atoms. The largest absolute Gasteiger partial charge is 0.395 e. The second-order valence-electron chi connectivity index (χ2n) is 4.56. The van der Waals surface area contributed by atoms with Crippen molar-refractivity contribution in [3.63, 3.8) is 0 Å². The summed E-state index contributed by atoms with van der Waals surface area (Å²) >= 11 is 1.30. The number of Topliss-reactive ketones (excluding diaryl/α,β-unsaturated/α-hetero) is 1. The Morgan fingerprint density at radius 1 is 1.61 bits per heavy atom. The van der Waals surface area contributed by atoms with E-state index in [0.29, 0.717) is 16.3 Å². The van der Waals surface area contributed by atoms with Crippen LogP contribution in [-0.4, -0.2) is 17.5 Å². The summed E-state index contributed by atoms with van der Waals surface area (Å²) in [6.07, 6.45) is 2.47. The summed E-state index contributed by atoms with van der Waals surface area (Å²) in [6, 6.07) is 1.81. The average molecular weight is 267 g/mol. The molecule has 0 saturated heterocycles. The Kier molecular flexibility index (Phi) is 4.71. The van der Waals surface area contributed by atoms with Crippen LogP contribution in [0.1, 0.15) is 42.4 Å². The number of ketones is 1. The Labute approximate surface area is 112 Å². The molecule has 18 heavy (non-hydrogen) atoms. The summed E-state index contributed by atoms with van der Waals surface area (Å²) in [7, 11) is 0. The monoisotopic (exact) mass is 267 g/mol. The number of hydrogen-bond acceptors (Lipinski definition) is 4. The Hall–Kier alpha value is -1.13. The number of rotatable bonds is 5. The zero-order chi connectivity index (χ0) is 13.9. The molecule has 100 valence electrons. The van der Waals surface area contributed by atoms with Gasteiger partial charge in [-0.05, 0) is 38.8 Å². The van der Waals surface area contributed by atoms with Gasteiger partial charge in [0.05, 0.1) is 21.9 Å². The third-order valence-electron chi connectivity index (χ3n) is 3.64. The molecule has 1 aromatic heterocycles. The van der Waals surface area contributed by atoms with Crippen LogP contribution in [0.4, 0.5) is 5.00 Å². The van der Waals surface area contributed by atoms with E-state index in [1.54, 1.807) is 6.07 Å². The first kappa shape index (κ1) is 14.9. The van der Waals surface area contributed by atoms with Gasteiger partial charge in [0.25, 0.3) is 0 Å². The molecule has 0 fully saturated rings. The minimum Gasteiger partial charge on any atom is -0.395 e. The van der Waals surface area contributed by atoms with Gasteiger partial charge in [0, 0.05) is 0 Å². The van der Waals surface area contributed by atoms with Crippen molar-refractivity contribution in [2.75, 3.05) is 12.3 Å². The number of aliphatic hydroxyl groups is 1. The van der Waals surface area contributed by atoms with Crippen LogP contribution in [0.2, 0.25) is 0 Å². The van der Waals surface area contributed by atoms with Gasteiger partial charge in [0.15, 0.2) is 5.78 Å². The second kappa shape index (κ2) is 5.67. The summed E-state index contributed by atoms with van der Waals surface area (Å²) in [5, 5.41) is 10.4. The first-order chi connectivity index (χ1) is 8.42. The second-order valence-corrected chi connectivity index (χ2v) is 5.64. The standard InChI is InChI=1S/C14H21NO2S/c1-5-10(4)14(6-2,8-16)13(17)12-9(3)7-11(15)18-12/h5,7,16H,6,8,15H2,1-4H3/b10-5+. The number of carbonyl (C=O) groups is 1. The minimum absolute atomic E-state index is 0.0256. The maximum absolute atomic E-state index is 12.7. The zero-order valence-corrected chi connectivity index (χ0v) is 12.2. The number of aliphatic hydroxyl groups excluding tert-OH is 1. The lowest BCUT2D eigenvalue weighted by atomic mass is 9.74. The molecule has 0 aliphatic rings. The van der Waals surface area contributed by atoms with Crippen molar-refractivity contribution in [3.8, 4) is 0 Å². The lowest BCUT2D eigenvalue weighted by Gasteiger charge is -2.30. The summed E-state index contributed by atoms with van der Waals surface area (Å²) < 4.78 is 0. The highest BCUT2D eigenvalue weighted by Gasteiger charge is 2.39. The summed E-state index contributed by atoms with van der Waals surface area (Å²) in [6.45, 7) is 7.41. The smallest absolute Gasteiger partial charge is 0.185 e. The van der Waals surface area contributed by atoms with Crippen LogP contribution in [-0.2, 0) is 0 Å². The van der Waals surface area contributed by atoms with Gasteiger partial charge in [-0.25, -0.2) is 0 Å². The quantitative estimate of drug-likeness (QED) is 0.636. The minimum atomic E-state index is -0.809. The number of hydrogen-bond donors (Lipinski definition) is 2. The summed E-state index contributed by atoms with van der Waals surface area (Å²) in [5.41, 5.74) is 6.73. The van der Waals surface area contributed by atoms with E-state index < -0.39 is 5.41 Å². The SMILES string of the molecule is C/C=C(\C)C(CC)(CO)C(=O)c1sc(N)cc1C. The van der Waals surface area contributed by atoms with E-state index in [1.165, 1.54) is 11.3 Å². The zero-order valence-electron chi connectivity index (χ0n) is 11.4. The fraction of sp³-hybridized carbons (Fsp3) is 0.500. The molecule has 0 spiro atoms. The van der Waals surface area contributed by atoms with Gasteiger partial charge >= 0.3 is 0 Å². The highest BCUT2D eigenvalue weighted by atomic mass is 32.1. The van der Waals surface area contributed by atoms with Crippen molar-refractivity contribution in [2.45, 2.75) is 34.1 Å². The molecule has 3 nitrogen and oxygen atoms in total. The molecule has 0 aliphatic heterocycles. The van der Waals surface area contributed by atoms with Crippen LogP contribution in [0.5, 0.6) is 0 Å². The molecule has 0 aliphatic carbocycles. The normalized spacial score (nSPS) is 15.5. The number of nitrogen functional groups attached to an aromatic ring is 1. The van der Waals surface area contributed by atoms with Crippen LogP contribution >= 0.6 is 11.3 Å². The van der Waals surface area contributed by atoms with Gasteiger partial charge in [-0.2, -0.15) is 0 Å². The van der Waals surface area contributed by atoms with Gasteiger partial charge < -0.3 is 10.8 Å². The molecular weight excluding hydrogens is 246 g/mol. The van der Waals surface area contributed by atoms with Crippen molar-refractivity contribution in [1.29, 1.82) is 0 Å². The number of carbonyl (C=O) groups excluding carboxylic acids is 1. The topological polar surface area (TPSA) is 63.3 Å². The lowest BCUT2D eigenvalue weighted by molar-refractivity contribution is 0.0719. The van der Waals surface area contributed by atoms with Crippen LogP contribution < -0.4 is 5.73 Å². The number of allylic oxidation sites excluding steroid dienone is 1. The maximum Gasteiger partial charge on any atom is 0.185 e. The fourth-order valence-electron chi connectivity index (χ4n) is 2.15. The molecule has 1 heterocycles. The third kappa shape index (κ3) is 2.35. The molecule has 0 radical (unpaired) electrons. The van der Waals surface area contributed by atoms with Crippen LogP contribution in [0.3, 0.4) is 0 Å². The Bertz CT molecular complexity index is 470. The van der Waals surface area contributed by atoms with Gasteiger partial charge in [0.1, 0.15) is 0 Å². The Balaban J connectivity index is 3.32. The molecule has 3 N–H and O–H groups in total. The molecule has 0 amide bonds. The molecule has 1 aromatic rings. The van der Waals surface area contributed by atoms with Crippen LogP contribution in [0.15, 0.2) is 17.7 Å². The van der Waals surface area contributed by atoms with Crippen LogP contribution in [0.25, 0.3) is 0 Å². The van der Waals surface area contributed by atoms with Gasteiger partial charge in [-0.15, -0.1) is 11.3 Å². The Morgan fingerprint density at radius 3 is 2.56 bits per heavy atom. The molecule has 0 aromatic carbocycles. The molecule has 4 heteroatoms. The molecular formula is C14H21NO2S. The fourth-order valence-corrected chi connectivity index (χ4v) is 3.13. The van der Waals surface area contributed by atoms with E-state index in [1.807, 2.05) is 33.8 Å². The first-order valence-corrected chi connectivity index (χ1v) is 6.89. The highest BCUT2D eigenvalue weighted by molar-refractivity contribution is 7.18. The maximum atomic E-state index is 12.7. The average Bonchev–Trinajstić information content (AvgIpc) is 2.69. The summed E-state index contributed by atoms with van der Waals surface area (Å²) in [4.78, 5) is 13.4. The van der Waals surface area contributed by atoms with Crippen LogP contribution in [0, 0.1) is 12.3 Å². The predicted molar refractivity (Wildman–Crippen MR) is 77.0 cm³/mol. The number of aryl methyl sites for hydroxylation is 1.